The number of nitrogens with two attached hydrogens (primary N) is 1. The molecular weight excluding hydrogens is 148 g/mol. The van der Waals surface area contributed by atoms with Crippen LogP contribution in [0.4, 0.5) is 5.13 Å². The van der Waals surface area contributed by atoms with Crippen molar-refractivity contribution in [3.8, 4) is 0 Å². The largest absolute Gasteiger partial charge is 0.299 e. The van der Waals surface area contributed by atoms with Crippen LogP contribution in [0.5, 0.6) is 0 Å². The summed E-state index contributed by atoms with van der Waals surface area (Å²) >= 11 is 1.28. The fraction of sp³-hybridized carbons (Fsp3) is 0.600. The number of rotatable bonds is 2. The molecule has 0 radical (unpaired) electrons. The Morgan fingerprint density at radius 3 is 2.60 bits per heavy atom. The summed E-state index contributed by atoms with van der Waals surface area (Å²) in [5.41, 5.74) is 2.45. The van der Waals surface area contributed by atoms with Gasteiger partial charge in [0.2, 0.25) is 5.13 Å². The maximum Gasteiger partial charge on any atom is 0.216 e. The lowest BCUT2D eigenvalue weighted by atomic mass is 10.2. The molecule has 56 valence electrons. The highest BCUT2D eigenvalue weighted by molar-refractivity contribution is 7.09. The number of anilines is 1. The summed E-state index contributed by atoms with van der Waals surface area (Å²) < 4.78 is 4.07. The van der Waals surface area contributed by atoms with Crippen molar-refractivity contribution in [1.82, 2.24) is 9.36 Å². The summed E-state index contributed by atoms with van der Waals surface area (Å²) in [6.45, 7) is 4.09. The molecule has 0 bridgehead atoms. The second-order valence-corrected chi connectivity index (χ2v) is 3.01. The monoisotopic (exact) mass is 158 g/mol. The summed E-state index contributed by atoms with van der Waals surface area (Å²) in [6.07, 6.45) is 0. The van der Waals surface area contributed by atoms with E-state index in [9.17, 15) is 0 Å². The van der Waals surface area contributed by atoms with Crippen LogP contribution in [0.25, 0.3) is 0 Å². The molecule has 0 fully saturated rings. The first-order valence-corrected chi connectivity index (χ1v) is 3.81. The van der Waals surface area contributed by atoms with Crippen LogP contribution in [0.1, 0.15) is 25.6 Å². The van der Waals surface area contributed by atoms with E-state index >= 15 is 0 Å². The molecule has 0 atom stereocenters. The SMILES string of the molecule is CC(C)c1nsc(NN)n1. The molecule has 1 aromatic heterocycles. The van der Waals surface area contributed by atoms with Gasteiger partial charge in [-0.25, -0.2) is 10.8 Å². The van der Waals surface area contributed by atoms with Gasteiger partial charge in [0.1, 0.15) is 5.82 Å². The average molecular weight is 158 g/mol. The predicted octanol–water partition coefficient (Wildman–Crippen LogP) is 0.947. The highest BCUT2D eigenvalue weighted by Crippen LogP contribution is 2.15. The Balaban J connectivity index is 2.78. The zero-order valence-electron chi connectivity index (χ0n) is 5.96. The molecule has 1 aromatic rings. The van der Waals surface area contributed by atoms with Gasteiger partial charge in [0.15, 0.2) is 0 Å². The van der Waals surface area contributed by atoms with Crippen LogP contribution in [0, 0.1) is 0 Å². The van der Waals surface area contributed by atoms with Gasteiger partial charge in [0.05, 0.1) is 0 Å². The van der Waals surface area contributed by atoms with Gasteiger partial charge >= 0.3 is 0 Å². The van der Waals surface area contributed by atoms with Crippen molar-refractivity contribution < 1.29 is 0 Å². The quantitative estimate of drug-likeness (QED) is 0.497. The van der Waals surface area contributed by atoms with Crippen LogP contribution in [-0.4, -0.2) is 9.36 Å². The molecule has 1 rings (SSSR count). The lowest BCUT2D eigenvalue weighted by molar-refractivity contribution is 0.799. The summed E-state index contributed by atoms with van der Waals surface area (Å²) in [5.74, 6) is 6.34. The summed E-state index contributed by atoms with van der Waals surface area (Å²) in [5, 5.41) is 0.670. The van der Waals surface area contributed by atoms with E-state index < -0.39 is 0 Å². The van der Waals surface area contributed by atoms with E-state index in [2.05, 4.69) is 14.8 Å². The lowest BCUT2D eigenvalue weighted by Crippen LogP contribution is -2.06. The minimum atomic E-state index is 0.373. The standard InChI is InChI=1S/C5H10N4S/c1-3(2)4-7-5(8-6)10-9-4/h3H,6H2,1-2H3,(H,7,8,9). The van der Waals surface area contributed by atoms with E-state index in [0.717, 1.165) is 5.82 Å². The Labute approximate surface area is 63.6 Å². The highest BCUT2D eigenvalue weighted by Gasteiger charge is 2.05. The Bertz CT molecular complexity index is 207. The van der Waals surface area contributed by atoms with E-state index in [0.29, 0.717) is 11.0 Å². The Morgan fingerprint density at radius 2 is 2.30 bits per heavy atom. The molecule has 5 heteroatoms. The van der Waals surface area contributed by atoms with Crippen molar-refractivity contribution in [2.24, 2.45) is 5.84 Å². The second-order valence-electron chi connectivity index (χ2n) is 2.26. The van der Waals surface area contributed by atoms with Crippen LogP contribution in [-0.2, 0) is 0 Å². The molecule has 3 N–H and O–H groups in total. The van der Waals surface area contributed by atoms with Gasteiger partial charge in [-0.1, -0.05) is 13.8 Å². The Hall–Kier alpha value is -0.680. The number of hydrogen-bond donors (Lipinski definition) is 2. The third-order valence-corrected chi connectivity index (χ3v) is 1.74. The molecule has 4 nitrogen and oxygen atoms in total. The average Bonchev–Trinajstić information content (AvgIpc) is 2.34. The maximum atomic E-state index is 5.12. The number of nitrogens with one attached hydrogen (secondary N) is 1. The van der Waals surface area contributed by atoms with E-state index in [1.54, 1.807) is 0 Å². The number of hydrazine groups is 1. The Kier molecular flexibility index (Phi) is 2.18. The van der Waals surface area contributed by atoms with Crippen molar-refractivity contribution in [2.75, 3.05) is 5.43 Å². The molecule has 0 spiro atoms. The molecule has 0 aliphatic carbocycles. The second kappa shape index (κ2) is 2.94. The van der Waals surface area contributed by atoms with E-state index in [1.165, 1.54) is 11.5 Å². The summed E-state index contributed by atoms with van der Waals surface area (Å²) in [6, 6.07) is 0. The van der Waals surface area contributed by atoms with Gasteiger partial charge in [-0.05, 0) is 0 Å². The van der Waals surface area contributed by atoms with E-state index in [4.69, 9.17) is 5.84 Å². The van der Waals surface area contributed by atoms with Gasteiger partial charge in [-0.3, -0.25) is 5.43 Å². The molecule has 0 amide bonds. The third kappa shape index (κ3) is 1.43. The molecular formula is C5H10N4S. The lowest BCUT2D eigenvalue weighted by Gasteiger charge is -1.93. The third-order valence-electron chi connectivity index (χ3n) is 1.08. The minimum absolute atomic E-state index is 0.373. The highest BCUT2D eigenvalue weighted by atomic mass is 32.1. The zero-order valence-corrected chi connectivity index (χ0v) is 6.77. The van der Waals surface area contributed by atoms with Crippen LogP contribution >= 0.6 is 11.5 Å². The smallest absolute Gasteiger partial charge is 0.216 e. The molecule has 0 unspecified atom stereocenters. The normalized spacial score (nSPS) is 10.4. The van der Waals surface area contributed by atoms with Crippen molar-refractivity contribution in [1.29, 1.82) is 0 Å². The fourth-order valence-corrected chi connectivity index (χ4v) is 1.15. The first-order valence-electron chi connectivity index (χ1n) is 3.04. The molecule has 0 saturated carbocycles. The van der Waals surface area contributed by atoms with Gasteiger partial charge in [-0.15, -0.1) is 0 Å². The van der Waals surface area contributed by atoms with Gasteiger partial charge < -0.3 is 0 Å². The molecule has 0 aromatic carbocycles. The molecule has 0 aliphatic heterocycles. The molecule has 10 heavy (non-hydrogen) atoms. The van der Waals surface area contributed by atoms with Crippen molar-refractivity contribution >= 4 is 16.7 Å². The van der Waals surface area contributed by atoms with Gasteiger partial charge in [0.25, 0.3) is 0 Å². The minimum Gasteiger partial charge on any atom is -0.299 e. The van der Waals surface area contributed by atoms with Crippen LogP contribution in [0.3, 0.4) is 0 Å². The van der Waals surface area contributed by atoms with Gasteiger partial charge in [-0.2, -0.15) is 4.37 Å². The van der Waals surface area contributed by atoms with E-state index in [1.807, 2.05) is 13.8 Å². The maximum absolute atomic E-state index is 5.12. The van der Waals surface area contributed by atoms with Crippen LogP contribution in [0.2, 0.25) is 0 Å². The molecule has 0 saturated heterocycles. The number of nitrogens with zero attached hydrogens (tertiary/aromatic N) is 2. The topological polar surface area (TPSA) is 63.8 Å². The van der Waals surface area contributed by atoms with Crippen LogP contribution in [0.15, 0.2) is 0 Å². The van der Waals surface area contributed by atoms with Gasteiger partial charge in [0, 0.05) is 17.5 Å². The van der Waals surface area contributed by atoms with Crippen molar-refractivity contribution in [2.45, 2.75) is 19.8 Å². The number of aromatic nitrogens is 2. The predicted molar refractivity (Wildman–Crippen MR) is 41.8 cm³/mol. The molecule has 1 heterocycles. The summed E-state index contributed by atoms with van der Waals surface area (Å²) in [7, 11) is 0. The van der Waals surface area contributed by atoms with E-state index in [-0.39, 0.29) is 0 Å². The van der Waals surface area contributed by atoms with Crippen molar-refractivity contribution in [3.05, 3.63) is 5.82 Å². The first-order chi connectivity index (χ1) is 4.74. The first kappa shape index (κ1) is 7.43. The zero-order chi connectivity index (χ0) is 7.56. The summed E-state index contributed by atoms with van der Waals surface area (Å²) in [4.78, 5) is 4.10. The van der Waals surface area contributed by atoms with Crippen LogP contribution < -0.4 is 11.3 Å². The Morgan fingerprint density at radius 1 is 1.60 bits per heavy atom. The fourth-order valence-electron chi connectivity index (χ4n) is 0.528. The number of hydrogen-bond acceptors (Lipinski definition) is 5. The molecule has 0 aliphatic rings. The number of nitrogen functional groups attached to an aromatic ring is 1. The van der Waals surface area contributed by atoms with Crippen molar-refractivity contribution in [3.63, 3.8) is 0 Å².